The fraction of sp³-hybridized carbons (Fsp3) is 0.426. The average Bonchev–Trinajstić information content (AvgIpc) is 3.53. The van der Waals surface area contributed by atoms with Crippen LogP contribution in [-0.2, 0) is 20.4 Å². The molecule has 0 radical (unpaired) electrons. The van der Waals surface area contributed by atoms with Gasteiger partial charge in [0.15, 0.2) is 12.3 Å². The standard InChI is InChI=1S/C54H63ClN2O4/c1-50(2,3)33-53(9)43(56(29-27-45(58)59)41-23-19-35-15-11-13-17-39(35)47(41)53)25-21-37-31-52(7,8)32-38(49(37)55)22-26-44-54(10,34-51(4,5)6)48-40-18-14-12-16-36(40)20-24-42(48)57(44)30-28-46(60)61/h11-26H,27-34H2,1-10H3,(H-,58,59,60,61)/p+1. The normalized spacial score (nSPS) is 23.0. The van der Waals surface area contributed by atoms with Crippen molar-refractivity contribution in [2.45, 2.75) is 119 Å². The van der Waals surface area contributed by atoms with Gasteiger partial charge in [-0.3, -0.25) is 9.59 Å². The zero-order valence-electron chi connectivity index (χ0n) is 37.9. The number of aliphatic carboxylic acids is 2. The van der Waals surface area contributed by atoms with Crippen LogP contribution >= 0.6 is 11.6 Å². The van der Waals surface area contributed by atoms with Crippen molar-refractivity contribution in [2.24, 2.45) is 16.2 Å². The first-order valence-corrected chi connectivity index (χ1v) is 22.3. The van der Waals surface area contributed by atoms with Crippen molar-refractivity contribution in [2.75, 3.05) is 18.0 Å². The molecule has 0 bridgehead atoms. The van der Waals surface area contributed by atoms with E-state index in [1.807, 2.05) is 0 Å². The Balaban J connectivity index is 1.38. The summed E-state index contributed by atoms with van der Waals surface area (Å²) in [7, 11) is 0. The Morgan fingerprint density at radius 3 is 1.90 bits per heavy atom. The van der Waals surface area contributed by atoms with E-state index in [0.717, 1.165) is 64.6 Å². The number of hydrogen-bond acceptors (Lipinski definition) is 3. The van der Waals surface area contributed by atoms with E-state index in [-0.39, 0.29) is 29.1 Å². The first-order valence-electron chi connectivity index (χ1n) is 21.9. The number of benzene rings is 4. The third-order valence-electron chi connectivity index (χ3n) is 12.9. The van der Waals surface area contributed by atoms with E-state index in [0.29, 0.717) is 13.1 Å². The predicted molar refractivity (Wildman–Crippen MR) is 254 cm³/mol. The molecule has 3 aliphatic rings. The summed E-state index contributed by atoms with van der Waals surface area (Å²) >= 11 is 7.55. The van der Waals surface area contributed by atoms with E-state index >= 15 is 0 Å². The molecule has 0 saturated heterocycles. The summed E-state index contributed by atoms with van der Waals surface area (Å²) in [6, 6.07) is 25.7. The fourth-order valence-electron chi connectivity index (χ4n) is 11.2. The number of allylic oxidation sites excluding steroid dienone is 8. The first-order chi connectivity index (χ1) is 28.5. The minimum atomic E-state index is -0.822. The van der Waals surface area contributed by atoms with Gasteiger partial charge in [0.1, 0.15) is 6.42 Å². The molecule has 2 aliphatic heterocycles. The number of nitrogens with zero attached hydrogens (tertiary/aromatic N) is 2. The minimum absolute atomic E-state index is 0.0184. The molecule has 4 aromatic rings. The van der Waals surface area contributed by atoms with Gasteiger partial charge in [0.25, 0.3) is 0 Å². The fourth-order valence-corrected chi connectivity index (χ4v) is 11.5. The molecule has 0 spiro atoms. The number of fused-ring (bicyclic) bond motifs is 6. The summed E-state index contributed by atoms with van der Waals surface area (Å²) in [5.74, 6) is -1.64. The molecule has 7 rings (SSSR count). The Kier molecular flexibility index (Phi) is 11.6. The summed E-state index contributed by atoms with van der Waals surface area (Å²) in [6.45, 7) is 23.6. The number of rotatable bonds is 11. The first kappa shape index (κ1) is 44.1. The molecule has 7 heteroatoms. The lowest BCUT2D eigenvalue weighted by atomic mass is 9.67. The van der Waals surface area contributed by atoms with Crippen molar-refractivity contribution in [3.8, 4) is 0 Å². The molecule has 2 heterocycles. The maximum Gasteiger partial charge on any atom is 0.309 e. The van der Waals surface area contributed by atoms with Crippen LogP contribution in [0.4, 0.5) is 11.4 Å². The van der Waals surface area contributed by atoms with Crippen LogP contribution in [0.25, 0.3) is 21.5 Å². The molecule has 0 fully saturated rings. The van der Waals surface area contributed by atoms with Crippen molar-refractivity contribution < 1.29 is 24.4 Å². The van der Waals surface area contributed by atoms with Crippen molar-refractivity contribution in [1.29, 1.82) is 0 Å². The second-order valence-corrected chi connectivity index (χ2v) is 21.8. The zero-order chi connectivity index (χ0) is 44.3. The second-order valence-electron chi connectivity index (χ2n) is 21.4. The van der Waals surface area contributed by atoms with Crippen molar-refractivity contribution in [3.05, 3.63) is 130 Å². The molecule has 6 nitrogen and oxygen atoms in total. The van der Waals surface area contributed by atoms with Gasteiger partial charge in [0.05, 0.1) is 11.8 Å². The Morgan fingerprint density at radius 2 is 1.30 bits per heavy atom. The third-order valence-corrected chi connectivity index (χ3v) is 13.3. The van der Waals surface area contributed by atoms with E-state index in [9.17, 15) is 19.8 Å². The SMILES string of the molecule is CC(C)(C)CC1(C)C(/C=C/C2=C(Cl)C(=C/C=C3/N(CCC(=O)O)c4ccc5ccccc5c4C3(C)CC(C)(C)C)/CC(C)(C)C2)=[N+](CCC(=O)O)c2ccc3ccccc3c21. The molecule has 0 amide bonds. The van der Waals surface area contributed by atoms with Gasteiger partial charge in [-0.15, -0.1) is 0 Å². The molecule has 1 aliphatic carbocycles. The van der Waals surface area contributed by atoms with Gasteiger partial charge in [-0.05, 0) is 112 Å². The van der Waals surface area contributed by atoms with Gasteiger partial charge in [0.2, 0.25) is 5.69 Å². The van der Waals surface area contributed by atoms with E-state index in [1.54, 1.807) is 0 Å². The van der Waals surface area contributed by atoms with Crippen molar-refractivity contribution in [1.82, 2.24) is 0 Å². The Labute approximate surface area is 368 Å². The van der Waals surface area contributed by atoms with Gasteiger partial charge < -0.3 is 15.1 Å². The smallest absolute Gasteiger partial charge is 0.309 e. The molecule has 320 valence electrons. The van der Waals surface area contributed by atoms with Crippen LogP contribution in [-0.4, -0.2) is 45.5 Å². The van der Waals surface area contributed by atoms with Crippen LogP contribution in [0.1, 0.15) is 119 Å². The maximum atomic E-state index is 12.1. The number of carbonyl (C=O) groups is 2. The topological polar surface area (TPSA) is 80.9 Å². The monoisotopic (exact) mass is 839 g/mol. The van der Waals surface area contributed by atoms with E-state index in [1.165, 1.54) is 32.7 Å². The van der Waals surface area contributed by atoms with Gasteiger partial charge in [-0.25, -0.2) is 0 Å². The lowest BCUT2D eigenvalue weighted by Crippen LogP contribution is -2.36. The molecule has 4 aromatic carbocycles. The van der Waals surface area contributed by atoms with Gasteiger partial charge in [-0.1, -0.05) is 134 Å². The Morgan fingerprint density at radius 1 is 0.721 bits per heavy atom. The van der Waals surface area contributed by atoms with Crippen LogP contribution in [0.5, 0.6) is 0 Å². The lowest BCUT2D eigenvalue weighted by Gasteiger charge is -2.36. The van der Waals surface area contributed by atoms with Gasteiger partial charge in [0, 0.05) is 46.1 Å². The summed E-state index contributed by atoms with van der Waals surface area (Å²) in [5.41, 5.74) is 7.97. The molecule has 2 unspecified atom stereocenters. The Hall–Kier alpha value is -4.94. The molecule has 0 saturated carbocycles. The predicted octanol–water partition coefficient (Wildman–Crippen LogP) is 13.6. The highest BCUT2D eigenvalue weighted by atomic mass is 35.5. The number of anilines is 1. The highest BCUT2D eigenvalue weighted by Gasteiger charge is 2.51. The quantitative estimate of drug-likeness (QED) is 0.147. The Bertz CT molecular complexity index is 2590. The van der Waals surface area contributed by atoms with Crippen molar-refractivity contribution >= 4 is 62.2 Å². The number of halogens is 1. The van der Waals surface area contributed by atoms with E-state index < -0.39 is 22.8 Å². The van der Waals surface area contributed by atoms with Crippen LogP contribution in [0.2, 0.25) is 0 Å². The maximum absolute atomic E-state index is 12.1. The molecule has 61 heavy (non-hydrogen) atoms. The third kappa shape index (κ3) is 8.76. The van der Waals surface area contributed by atoms with E-state index in [2.05, 4.69) is 176 Å². The van der Waals surface area contributed by atoms with Gasteiger partial charge >= 0.3 is 11.9 Å². The summed E-state index contributed by atoms with van der Waals surface area (Å²) in [6.07, 6.45) is 12.2. The summed E-state index contributed by atoms with van der Waals surface area (Å²) < 4.78 is 2.24. The van der Waals surface area contributed by atoms with E-state index in [4.69, 9.17) is 11.6 Å². The summed E-state index contributed by atoms with van der Waals surface area (Å²) in [5, 5.41) is 25.3. The van der Waals surface area contributed by atoms with Crippen LogP contribution in [0.15, 0.2) is 119 Å². The molecule has 2 atom stereocenters. The number of carboxylic acids is 2. The number of hydrogen-bond donors (Lipinski definition) is 2. The van der Waals surface area contributed by atoms with Crippen LogP contribution < -0.4 is 4.90 Å². The van der Waals surface area contributed by atoms with Crippen LogP contribution in [0, 0.1) is 16.2 Å². The number of carboxylic acid groups (broad SMARTS) is 2. The molecular formula is C54H64ClN2O4+. The van der Waals surface area contributed by atoms with Crippen LogP contribution in [0.3, 0.4) is 0 Å². The lowest BCUT2D eigenvalue weighted by molar-refractivity contribution is -0.436. The molecule has 2 N–H and O–H groups in total. The largest absolute Gasteiger partial charge is 0.481 e. The molecular weight excluding hydrogens is 776 g/mol. The van der Waals surface area contributed by atoms with Crippen molar-refractivity contribution in [3.63, 3.8) is 0 Å². The minimum Gasteiger partial charge on any atom is -0.481 e. The molecule has 0 aromatic heterocycles. The highest BCUT2D eigenvalue weighted by molar-refractivity contribution is 6.32. The average molecular weight is 841 g/mol. The zero-order valence-corrected chi connectivity index (χ0v) is 38.6. The summed E-state index contributed by atoms with van der Waals surface area (Å²) in [4.78, 5) is 26.4. The van der Waals surface area contributed by atoms with Gasteiger partial charge in [-0.2, -0.15) is 4.58 Å². The highest BCUT2D eigenvalue weighted by Crippen LogP contribution is 2.56. The second kappa shape index (κ2) is 16.1.